The molecule has 0 radical (unpaired) electrons. The number of aromatic nitrogens is 2. The van der Waals surface area contributed by atoms with Crippen molar-refractivity contribution in [3.8, 4) is 0 Å². The topological polar surface area (TPSA) is 67.4 Å². The number of ether oxygens (including phenoxy) is 1. The molecule has 6 nitrogen and oxygen atoms in total. The Hall–Kier alpha value is -1.95. The highest BCUT2D eigenvalue weighted by atomic mass is 16.5. The van der Waals surface area contributed by atoms with Crippen LogP contribution in [0.1, 0.15) is 25.5 Å². The minimum atomic E-state index is 0.0680. The minimum absolute atomic E-state index is 0.0680. The highest BCUT2D eigenvalue weighted by molar-refractivity contribution is 5.92. The highest BCUT2D eigenvalue weighted by Crippen LogP contribution is 2.21. The molecule has 2 rings (SSSR count). The fraction of sp³-hybridized carbons (Fsp3) is 0.588. The summed E-state index contributed by atoms with van der Waals surface area (Å²) >= 11 is 0. The second-order valence-corrected chi connectivity index (χ2v) is 6.07. The van der Waals surface area contributed by atoms with Crippen LogP contribution in [-0.4, -0.2) is 54.4 Å². The standard InChI is InChI=1S/C17H26N4O2/c1-13(2)17(22)21-9-4-5-14(12-21)11-15-6-7-16(20-19-15)18-8-10-23-3/h6-7,14H,1,4-5,8-12H2,2-3H3,(H,18,20). The minimum Gasteiger partial charge on any atom is -0.383 e. The van der Waals surface area contributed by atoms with E-state index in [4.69, 9.17) is 4.74 Å². The number of anilines is 1. The average molecular weight is 318 g/mol. The Kier molecular flexibility index (Phi) is 6.52. The fourth-order valence-corrected chi connectivity index (χ4v) is 2.83. The van der Waals surface area contributed by atoms with Gasteiger partial charge in [-0.05, 0) is 44.2 Å². The zero-order chi connectivity index (χ0) is 16.7. The maximum atomic E-state index is 12.0. The lowest BCUT2D eigenvalue weighted by molar-refractivity contribution is -0.128. The van der Waals surface area contributed by atoms with Crippen LogP contribution in [0.15, 0.2) is 24.3 Å². The van der Waals surface area contributed by atoms with E-state index >= 15 is 0 Å². The first-order valence-electron chi connectivity index (χ1n) is 8.10. The Labute approximate surface area is 137 Å². The van der Waals surface area contributed by atoms with E-state index in [2.05, 4.69) is 22.1 Å². The zero-order valence-corrected chi connectivity index (χ0v) is 14.0. The lowest BCUT2D eigenvalue weighted by atomic mass is 9.93. The number of amides is 1. The number of piperidine rings is 1. The summed E-state index contributed by atoms with van der Waals surface area (Å²) in [5.74, 6) is 1.26. The number of hydrogen-bond donors (Lipinski definition) is 1. The van der Waals surface area contributed by atoms with Gasteiger partial charge in [-0.25, -0.2) is 0 Å². The van der Waals surface area contributed by atoms with Crippen molar-refractivity contribution < 1.29 is 9.53 Å². The van der Waals surface area contributed by atoms with Crippen LogP contribution < -0.4 is 5.32 Å². The second kappa shape index (κ2) is 8.62. The molecule has 0 bridgehead atoms. The first kappa shape index (κ1) is 17.4. The molecule has 0 aliphatic carbocycles. The van der Waals surface area contributed by atoms with Crippen LogP contribution in [0.5, 0.6) is 0 Å². The van der Waals surface area contributed by atoms with Crippen LogP contribution in [0.4, 0.5) is 5.82 Å². The van der Waals surface area contributed by atoms with Gasteiger partial charge in [0, 0.05) is 32.3 Å². The van der Waals surface area contributed by atoms with Crippen LogP contribution in [-0.2, 0) is 16.0 Å². The van der Waals surface area contributed by atoms with Gasteiger partial charge in [0.15, 0.2) is 0 Å². The summed E-state index contributed by atoms with van der Waals surface area (Å²) in [6.07, 6.45) is 3.01. The van der Waals surface area contributed by atoms with Gasteiger partial charge in [-0.15, -0.1) is 5.10 Å². The van der Waals surface area contributed by atoms with E-state index in [0.29, 0.717) is 24.6 Å². The van der Waals surface area contributed by atoms with Crippen LogP contribution in [0.25, 0.3) is 0 Å². The summed E-state index contributed by atoms with van der Waals surface area (Å²) in [7, 11) is 1.67. The number of nitrogens with one attached hydrogen (secondary N) is 1. The van der Waals surface area contributed by atoms with Crippen molar-refractivity contribution in [2.24, 2.45) is 5.92 Å². The number of methoxy groups -OCH3 is 1. The molecule has 0 aromatic carbocycles. The maximum absolute atomic E-state index is 12.0. The lowest BCUT2D eigenvalue weighted by Crippen LogP contribution is -2.40. The largest absolute Gasteiger partial charge is 0.383 e. The molecule has 1 aliphatic rings. The Balaban J connectivity index is 1.86. The van der Waals surface area contributed by atoms with Gasteiger partial charge < -0.3 is 15.0 Å². The van der Waals surface area contributed by atoms with Gasteiger partial charge in [-0.2, -0.15) is 5.10 Å². The SMILES string of the molecule is C=C(C)C(=O)N1CCCC(Cc2ccc(NCCOC)nn2)C1. The zero-order valence-electron chi connectivity index (χ0n) is 14.0. The molecule has 23 heavy (non-hydrogen) atoms. The van der Waals surface area contributed by atoms with Crippen LogP contribution in [0, 0.1) is 5.92 Å². The van der Waals surface area contributed by atoms with Gasteiger partial charge in [0.1, 0.15) is 5.82 Å². The van der Waals surface area contributed by atoms with Crippen molar-refractivity contribution >= 4 is 11.7 Å². The fourth-order valence-electron chi connectivity index (χ4n) is 2.83. The maximum Gasteiger partial charge on any atom is 0.248 e. The summed E-state index contributed by atoms with van der Waals surface area (Å²) in [4.78, 5) is 14.0. The van der Waals surface area contributed by atoms with Crippen molar-refractivity contribution in [2.75, 3.05) is 38.7 Å². The number of nitrogens with zero attached hydrogens (tertiary/aromatic N) is 3. The average Bonchev–Trinajstić information content (AvgIpc) is 2.56. The summed E-state index contributed by atoms with van der Waals surface area (Å²) < 4.78 is 4.98. The van der Waals surface area contributed by atoms with Crippen LogP contribution >= 0.6 is 0 Å². The first-order valence-corrected chi connectivity index (χ1v) is 8.10. The summed E-state index contributed by atoms with van der Waals surface area (Å²) in [5.41, 5.74) is 1.58. The van der Waals surface area contributed by atoms with Crippen LogP contribution in [0.2, 0.25) is 0 Å². The van der Waals surface area contributed by atoms with Crippen molar-refractivity contribution in [3.63, 3.8) is 0 Å². The molecule has 0 spiro atoms. The molecule has 1 N–H and O–H groups in total. The number of likely N-dealkylation sites (tertiary alicyclic amines) is 1. The molecule has 1 saturated heterocycles. The number of hydrogen-bond acceptors (Lipinski definition) is 5. The smallest absolute Gasteiger partial charge is 0.248 e. The molecule has 0 saturated carbocycles. The third-order valence-electron chi connectivity index (χ3n) is 4.00. The van der Waals surface area contributed by atoms with Gasteiger partial charge >= 0.3 is 0 Å². The van der Waals surface area contributed by atoms with E-state index in [0.717, 1.165) is 43.9 Å². The monoisotopic (exact) mass is 318 g/mol. The molecule has 126 valence electrons. The van der Waals surface area contributed by atoms with Gasteiger partial charge in [-0.1, -0.05) is 6.58 Å². The lowest BCUT2D eigenvalue weighted by Gasteiger charge is -2.32. The van der Waals surface area contributed by atoms with E-state index < -0.39 is 0 Å². The molecule has 6 heteroatoms. The van der Waals surface area contributed by atoms with Crippen molar-refractivity contribution in [2.45, 2.75) is 26.2 Å². The number of rotatable bonds is 7. The Morgan fingerprint density at radius 2 is 2.30 bits per heavy atom. The van der Waals surface area contributed by atoms with Crippen molar-refractivity contribution in [3.05, 3.63) is 30.0 Å². The van der Waals surface area contributed by atoms with Gasteiger partial charge in [0.2, 0.25) is 5.91 Å². The second-order valence-electron chi connectivity index (χ2n) is 6.07. The molecule has 2 heterocycles. The molecule has 1 aromatic heterocycles. The third kappa shape index (κ3) is 5.32. The van der Waals surface area contributed by atoms with Crippen molar-refractivity contribution in [1.82, 2.24) is 15.1 Å². The van der Waals surface area contributed by atoms with Gasteiger partial charge in [0.25, 0.3) is 0 Å². The van der Waals surface area contributed by atoms with E-state index in [1.807, 2.05) is 17.0 Å². The van der Waals surface area contributed by atoms with Crippen LogP contribution in [0.3, 0.4) is 0 Å². The van der Waals surface area contributed by atoms with E-state index in [-0.39, 0.29) is 5.91 Å². The third-order valence-corrected chi connectivity index (χ3v) is 4.00. The Morgan fingerprint density at radius 3 is 2.96 bits per heavy atom. The molecule has 1 unspecified atom stereocenters. The summed E-state index contributed by atoms with van der Waals surface area (Å²) in [6.45, 7) is 8.48. The van der Waals surface area contributed by atoms with Crippen molar-refractivity contribution in [1.29, 1.82) is 0 Å². The van der Waals surface area contributed by atoms with E-state index in [1.165, 1.54) is 0 Å². The van der Waals surface area contributed by atoms with E-state index in [9.17, 15) is 4.79 Å². The predicted octanol–water partition coefficient (Wildman–Crippen LogP) is 1.89. The molecule has 1 amide bonds. The molecule has 1 fully saturated rings. The molecule has 1 aromatic rings. The van der Waals surface area contributed by atoms with Gasteiger partial charge in [0.05, 0.1) is 12.3 Å². The summed E-state index contributed by atoms with van der Waals surface area (Å²) in [5, 5.41) is 11.6. The Bertz CT molecular complexity index is 530. The molecule has 1 aliphatic heterocycles. The first-order chi connectivity index (χ1) is 11.1. The van der Waals surface area contributed by atoms with E-state index in [1.54, 1.807) is 14.0 Å². The van der Waals surface area contributed by atoms with Gasteiger partial charge in [-0.3, -0.25) is 4.79 Å². The number of carbonyl (C=O) groups excluding carboxylic acids is 1. The normalized spacial score (nSPS) is 17.8. The summed E-state index contributed by atoms with van der Waals surface area (Å²) in [6, 6.07) is 3.94. The highest BCUT2D eigenvalue weighted by Gasteiger charge is 2.24. The molecular weight excluding hydrogens is 292 g/mol. The quantitative estimate of drug-likeness (QED) is 0.614. The Morgan fingerprint density at radius 1 is 1.48 bits per heavy atom. The number of carbonyl (C=O) groups is 1. The predicted molar refractivity (Wildman–Crippen MR) is 90.2 cm³/mol. The molecule has 1 atom stereocenters. The molecular formula is C17H26N4O2.